The van der Waals surface area contributed by atoms with Crippen molar-refractivity contribution in [1.82, 2.24) is 9.97 Å². The van der Waals surface area contributed by atoms with E-state index < -0.39 is 5.97 Å². The Balaban J connectivity index is 2.27. The van der Waals surface area contributed by atoms with E-state index in [1.54, 1.807) is 0 Å². The molecule has 1 aliphatic rings. The summed E-state index contributed by atoms with van der Waals surface area (Å²) in [5.41, 5.74) is 0.915. The molecule has 2 unspecified atom stereocenters. The van der Waals surface area contributed by atoms with Crippen LogP contribution < -0.4 is 4.90 Å². The molecule has 1 fully saturated rings. The molecule has 1 aromatic rings. The van der Waals surface area contributed by atoms with Crippen molar-refractivity contribution in [3.8, 4) is 0 Å². The smallest absolute Gasteiger partial charge is 0.308 e. The molecule has 1 aliphatic heterocycles. The molecule has 5 heteroatoms. The highest BCUT2D eigenvalue weighted by Crippen LogP contribution is 2.28. The van der Waals surface area contributed by atoms with Crippen LogP contribution in [0.5, 0.6) is 0 Å². The Morgan fingerprint density at radius 2 is 2.18 bits per heavy atom. The average molecular weight is 235 g/mol. The van der Waals surface area contributed by atoms with E-state index in [-0.39, 0.29) is 12.0 Å². The molecule has 1 aromatic heterocycles. The third-order valence-corrected chi connectivity index (χ3v) is 3.32. The number of aliphatic carboxylic acids is 1. The van der Waals surface area contributed by atoms with E-state index in [0.717, 1.165) is 23.9 Å². The number of aryl methyl sites for hydroxylation is 2. The maximum atomic E-state index is 11.1. The summed E-state index contributed by atoms with van der Waals surface area (Å²) in [4.78, 5) is 21.7. The second kappa shape index (κ2) is 4.31. The second-order valence-electron chi connectivity index (χ2n) is 4.58. The van der Waals surface area contributed by atoms with Crippen molar-refractivity contribution in [3.05, 3.63) is 17.6 Å². The molecule has 0 spiro atoms. The highest BCUT2D eigenvalue weighted by molar-refractivity contribution is 5.72. The van der Waals surface area contributed by atoms with Crippen molar-refractivity contribution in [2.75, 3.05) is 11.4 Å². The Labute approximate surface area is 100 Å². The first-order valence-corrected chi connectivity index (χ1v) is 5.81. The maximum Gasteiger partial charge on any atom is 0.308 e. The molecule has 0 radical (unpaired) electrons. The lowest BCUT2D eigenvalue weighted by atomic mass is 10.0. The quantitative estimate of drug-likeness (QED) is 0.839. The predicted octanol–water partition coefficient (Wildman–Crippen LogP) is 1.39. The SMILES string of the molecule is Cc1cc(N2CCC(C(=O)O)C2C)nc(C)n1. The van der Waals surface area contributed by atoms with Crippen LogP contribution in [0.2, 0.25) is 0 Å². The molecule has 2 heterocycles. The number of nitrogens with zero attached hydrogens (tertiary/aromatic N) is 3. The average Bonchev–Trinajstić information content (AvgIpc) is 2.58. The molecule has 92 valence electrons. The van der Waals surface area contributed by atoms with Gasteiger partial charge in [0.1, 0.15) is 11.6 Å². The zero-order valence-electron chi connectivity index (χ0n) is 10.3. The summed E-state index contributed by atoms with van der Waals surface area (Å²) in [6.07, 6.45) is 0.679. The number of carbonyl (C=O) groups is 1. The molecule has 0 amide bonds. The second-order valence-corrected chi connectivity index (χ2v) is 4.58. The highest BCUT2D eigenvalue weighted by Gasteiger charge is 2.36. The van der Waals surface area contributed by atoms with Crippen LogP contribution in [0.3, 0.4) is 0 Å². The molecule has 17 heavy (non-hydrogen) atoms. The number of carboxylic acids is 1. The third-order valence-electron chi connectivity index (χ3n) is 3.32. The van der Waals surface area contributed by atoms with Crippen LogP contribution in [0.15, 0.2) is 6.07 Å². The molecule has 2 atom stereocenters. The van der Waals surface area contributed by atoms with E-state index in [2.05, 4.69) is 14.9 Å². The Bertz CT molecular complexity index is 427. The minimum absolute atomic E-state index is 0.0128. The van der Waals surface area contributed by atoms with Gasteiger partial charge in [-0.15, -0.1) is 0 Å². The van der Waals surface area contributed by atoms with Gasteiger partial charge in [-0.2, -0.15) is 0 Å². The fourth-order valence-electron chi connectivity index (χ4n) is 2.44. The number of rotatable bonds is 2. The zero-order chi connectivity index (χ0) is 12.6. The van der Waals surface area contributed by atoms with E-state index >= 15 is 0 Å². The van der Waals surface area contributed by atoms with Crippen molar-refractivity contribution < 1.29 is 9.90 Å². The molecule has 0 bridgehead atoms. The van der Waals surface area contributed by atoms with Gasteiger partial charge in [-0.25, -0.2) is 9.97 Å². The van der Waals surface area contributed by atoms with E-state index in [9.17, 15) is 4.79 Å². The van der Waals surface area contributed by atoms with Gasteiger partial charge >= 0.3 is 5.97 Å². The molecular formula is C12H17N3O2. The van der Waals surface area contributed by atoms with Gasteiger partial charge in [-0.3, -0.25) is 4.79 Å². The van der Waals surface area contributed by atoms with Gasteiger partial charge in [0.05, 0.1) is 5.92 Å². The standard InChI is InChI=1S/C12H17N3O2/c1-7-6-11(14-9(3)13-7)15-5-4-10(8(15)2)12(16)17/h6,8,10H,4-5H2,1-3H3,(H,16,17). The van der Waals surface area contributed by atoms with Crippen molar-refractivity contribution in [1.29, 1.82) is 0 Å². The Morgan fingerprint density at radius 1 is 1.47 bits per heavy atom. The molecule has 0 aromatic carbocycles. The van der Waals surface area contributed by atoms with Crippen LogP contribution in [-0.4, -0.2) is 33.6 Å². The minimum atomic E-state index is -0.720. The summed E-state index contributed by atoms with van der Waals surface area (Å²) in [7, 11) is 0. The largest absolute Gasteiger partial charge is 0.481 e. The van der Waals surface area contributed by atoms with Crippen LogP contribution in [0.4, 0.5) is 5.82 Å². The topological polar surface area (TPSA) is 66.3 Å². The van der Waals surface area contributed by atoms with Crippen molar-refractivity contribution in [2.24, 2.45) is 5.92 Å². The number of aromatic nitrogens is 2. The minimum Gasteiger partial charge on any atom is -0.481 e. The fraction of sp³-hybridized carbons (Fsp3) is 0.583. The summed E-state index contributed by atoms with van der Waals surface area (Å²) in [5, 5.41) is 9.10. The lowest BCUT2D eigenvalue weighted by Crippen LogP contribution is -2.33. The first kappa shape index (κ1) is 11.8. The van der Waals surface area contributed by atoms with Crippen LogP contribution in [0, 0.1) is 19.8 Å². The molecule has 5 nitrogen and oxygen atoms in total. The van der Waals surface area contributed by atoms with Gasteiger partial charge in [0.25, 0.3) is 0 Å². The van der Waals surface area contributed by atoms with E-state index in [0.29, 0.717) is 6.42 Å². The van der Waals surface area contributed by atoms with Gasteiger partial charge in [0.2, 0.25) is 0 Å². The highest BCUT2D eigenvalue weighted by atomic mass is 16.4. The Morgan fingerprint density at radius 3 is 2.71 bits per heavy atom. The van der Waals surface area contributed by atoms with Crippen molar-refractivity contribution in [3.63, 3.8) is 0 Å². The van der Waals surface area contributed by atoms with Gasteiger partial charge in [0.15, 0.2) is 0 Å². The lowest BCUT2D eigenvalue weighted by molar-refractivity contribution is -0.141. The van der Waals surface area contributed by atoms with Crippen molar-refractivity contribution >= 4 is 11.8 Å². The normalized spacial score (nSPS) is 24.1. The number of carboxylic acid groups (broad SMARTS) is 1. The molecule has 0 saturated carbocycles. The molecule has 1 N–H and O–H groups in total. The van der Waals surface area contributed by atoms with E-state index in [4.69, 9.17) is 5.11 Å². The number of hydrogen-bond acceptors (Lipinski definition) is 4. The summed E-state index contributed by atoms with van der Waals surface area (Å²) < 4.78 is 0. The first-order valence-electron chi connectivity index (χ1n) is 5.81. The van der Waals surface area contributed by atoms with Gasteiger partial charge in [0, 0.05) is 24.3 Å². The molecule has 2 rings (SSSR count). The van der Waals surface area contributed by atoms with E-state index in [1.165, 1.54) is 0 Å². The predicted molar refractivity (Wildman–Crippen MR) is 64.1 cm³/mol. The van der Waals surface area contributed by atoms with Crippen LogP contribution in [0.1, 0.15) is 24.9 Å². The summed E-state index contributed by atoms with van der Waals surface area (Å²) in [6, 6.07) is 1.90. The lowest BCUT2D eigenvalue weighted by Gasteiger charge is -2.24. The Kier molecular flexibility index (Phi) is 3.00. The van der Waals surface area contributed by atoms with Gasteiger partial charge < -0.3 is 10.0 Å². The van der Waals surface area contributed by atoms with Crippen LogP contribution >= 0.6 is 0 Å². The van der Waals surface area contributed by atoms with Crippen molar-refractivity contribution in [2.45, 2.75) is 33.2 Å². The fourth-order valence-corrected chi connectivity index (χ4v) is 2.44. The number of hydrogen-bond donors (Lipinski definition) is 1. The third kappa shape index (κ3) is 2.23. The maximum absolute atomic E-state index is 11.1. The summed E-state index contributed by atoms with van der Waals surface area (Å²) in [5.74, 6) is 0.547. The van der Waals surface area contributed by atoms with E-state index in [1.807, 2.05) is 26.8 Å². The number of anilines is 1. The molecule has 1 saturated heterocycles. The summed E-state index contributed by atoms with van der Waals surface area (Å²) in [6.45, 7) is 6.46. The first-order chi connectivity index (χ1) is 7.99. The van der Waals surface area contributed by atoms with Crippen LogP contribution in [-0.2, 0) is 4.79 Å². The van der Waals surface area contributed by atoms with Crippen LogP contribution in [0.25, 0.3) is 0 Å². The zero-order valence-corrected chi connectivity index (χ0v) is 10.3. The molecule has 0 aliphatic carbocycles. The van der Waals surface area contributed by atoms with Gasteiger partial charge in [-0.1, -0.05) is 0 Å². The monoisotopic (exact) mass is 235 g/mol. The van der Waals surface area contributed by atoms with Gasteiger partial charge in [-0.05, 0) is 27.2 Å². The molecular weight excluding hydrogens is 218 g/mol. The Hall–Kier alpha value is -1.65. The summed E-state index contributed by atoms with van der Waals surface area (Å²) >= 11 is 0.